The van der Waals surface area contributed by atoms with E-state index in [2.05, 4.69) is 5.32 Å². The number of aromatic carboxylic acids is 1. The van der Waals surface area contributed by atoms with Crippen molar-refractivity contribution in [3.05, 3.63) is 82.1 Å². The summed E-state index contributed by atoms with van der Waals surface area (Å²) in [5.74, 6) is -1.07. The fourth-order valence-corrected chi connectivity index (χ4v) is 2.95. The number of amides is 1. The van der Waals surface area contributed by atoms with Gasteiger partial charge in [-0.25, -0.2) is 4.79 Å². The number of nitrogens with zero attached hydrogens (tertiary/aromatic N) is 1. The molecule has 0 saturated heterocycles. The van der Waals surface area contributed by atoms with Gasteiger partial charge in [0.05, 0.1) is 10.6 Å². The smallest absolute Gasteiger partial charge is 0.335 e. The van der Waals surface area contributed by atoms with Crippen LogP contribution in [0.2, 0.25) is 5.02 Å². The maximum absolute atomic E-state index is 12.4. The van der Waals surface area contributed by atoms with E-state index in [0.717, 1.165) is 12.0 Å². The molecule has 150 valence electrons. The van der Waals surface area contributed by atoms with Gasteiger partial charge in [0, 0.05) is 17.3 Å². The number of carbonyl (C=O) groups is 2. The summed E-state index contributed by atoms with van der Waals surface area (Å²) in [6, 6.07) is 16.6. The molecule has 1 heterocycles. The normalized spacial score (nSPS) is 11.0. The number of nitriles is 1. The third-order valence-corrected chi connectivity index (χ3v) is 4.71. The molecule has 7 heteroatoms. The van der Waals surface area contributed by atoms with E-state index >= 15 is 0 Å². The van der Waals surface area contributed by atoms with Gasteiger partial charge in [-0.05, 0) is 54.4 Å². The number of nitrogens with one attached hydrogen (secondary N) is 1. The lowest BCUT2D eigenvalue weighted by atomic mass is 10.1. The van der Waals surface area contributed by atoms with E-state index < -0.39 is 11.9 Å². The first-order valence-corrected chi connectivity index (χ1v) is 9.44. The molecule has 0 aliphatic carbocycles. The molecule has 0 aliphatic rings. The molecule has 0 spiro atoms. The number of carbonyl (C=O) groups excluding carboxylic acids is 1. The summed E-state index contributed by atoms with van der Waals surface area (Å²) in [4.78, 5) is 23.6. The van der Waals surface area contributed by atoms with Crippen LogP contribution in [-0.2, 0) is 11.2 Å². The second-order valence-electron chi connectivity index (χ2n) is 6.38. The molecule has 0 radical (unpaired) electrons. The number of halogens is 1. The molecule has 1 aromatic heterocycles. The van der Waals surface area contributed by atoms with Gasteiger partial charge < -0.3 is 14.8 Å². The maximum atomic E-state index is 12.4. The maximum Gasteiger partial charge on any atom is 0.335 e. The van der Waals surface area contributed by atoms with E-state index in [1.165, 1.54) is 24.3 Å². The zero-order chi connectivity index (χ0) is 21.7. The van der Waals surface area contributed by atoms with E-state index in [1.807, 2.05) is 25.1 Å². The number of furan rings is 1. The Labute approximate surface area is 178 Å². The zero-order valence-electron chi connectivity index (χ0n) is 16.0. The zero-order valence-corrected chi connectivity index (χ0v) is 16.7. The monoisotopic (exact) mass is 420 g/mol. The first-order valence-electron chi connectivity index (χ1n) is 9.06. The van der Waals surface area contributed by atoms with Crippen LogP contribution in [0.25, 0.3) is 17.4 Å². The average Bonchev–Trinajstić information content (AvgIpc) is 3.21. The van der Waals surface area contributed by atoms with Crippen LogP contribution < -0.4 is 5.32 Å². The van der Waals surface area contributed by atoms with Gasteiger partial charge in [0.2, 0.25) is 0 Å². The Morgan fingerprint density at radius 2 is 1.90 bits per heavy atom. The quantitative estimate of drug-likeness (QED) is 0.410. The summed E-state index contributed by atoms with van der Waals surface area (Å²) in [5.41, 5.74) is 2.04. The lowest BCUT2D eigenvalue weighted by molar-refractivity contribution is -0.112. The summed E-state index contributed by atoms with van der Waals surface area (Å²) in [6.45, 7) is 2.03. The number of carboxylic acids is 1. The topological polar surface area (TPSA) is 103 Å². The Balaban J connectivity index is 1.83. The molecule has 1 amide bonds. The average molecular weight is 421 g/mol. The van der Waals surface area contributed by atoms with Crippen molar-refractivity contribution >= 4 is 35.2 Å². The molecule has 0 unspecified atom stereocenters. The van der Waals surface area contributed by atoms with Gasteiger partial charge in [-0.3, -0.25) is 4.79 Å². The minimum Gasteiger partial charge on any atom is -0.478 e. The van der Waals surface area contributed by atoms with Gasteiger partial charge in [0.1, 0.15) is 23.2 Å². The van der Waals surface area contributed by atoms with Gasteiger partial charge in [-0.15, -0.1) is 0 Å². The van der Waals surface area contributed by atoms with Crippen molar-refractivity contribution in [1.82, 2.24) is 0 Å². The van der Waals surface area contributed by atoms with Crippen molar-refractivity contribution < 1.29 is 19.1 Å². The van der Waals surface area contributed by atoms with Gasteiger partial charge in [0.25, 0.3) is 5.91 Å². The van der Waals surface area contributed by atoms with E-state index in [0.29, 0.717) is 22.0 Å². The van der Waals surface area contributed by atoms with Gasteiger partial charge in [0.15, 0.2) is 0 Å². The Morgan fingerprint density at radius 1 is 1.17 bits per heavy atom. The second kappa shape index (κ2) is 9.12. The molecular weight excluding hydrogens is 404 g/mol. The van der Waals surface area contributed by atoms with Crippen molar-refractivity contribution in [3.8, 4) is 17.4 Å². The number of rotatable bonds is 6. The predicted molar refractivity (Wildman–Crippen MR) is 114 cm³/mol. The third kappa shape index (κ3) is 4.77. The van der Waals surface area contributed by atoms with Crippen LogP contribution in [0.3, 0.4) is 0 Å². The number of hydrogen-bond acceptors (Lipinski definition) is 4. The Kier molecular flexibility index (Phi) is 6.35. The standard InChI is InChI=1S/C23H17ClN2O4/c1-2-14-3-6-17(7-4-14)26-22(27)16(13-25)11-18-8-10-21(30-18)19-12-15(23(28)29)5-9-20(19)24/h3-12H,2H2,1H3,(H,26,27)(H,28,29)/b16-11-. The highest BCUT2D eigenvalue weighted by molar-refractivity contribution is 6.33. The summed E-state index contributed by atoms with van der Waals surface area (Å²) < 4.78 is 5.66. The number of benzene rings is 2. The second-order valence-corrected chi connectivity index (χ2v) is 6.78. The van der Waals surface area contributed by atoms with Gasteiger partial charge >= 0.3 is 5.97 Å². The predicted octanol–water partition coefficient (Wildman–Crippen LogP) is 5.41. The van der Waals surface area contributed by atoms with Crippen LogP contribution in [0.5, 0.6) is 0 Å². The highest BCUT2D eigenvalue weighted by Gasteiger charge is 2.14. The van der Waals surface area contributed by atoms with Crippen molar-refractivity contribution in [2.45, 2.75) is 13.3 Å². The lowest BCUT2D eigenvalue weighted by Gasteiger charge is -2.05. The molecular formula is C23H17ClN2O4. The van der Waals surface area contributed by atoms with Crippen molar-refractivity contribution in [3.63, 3.8) is 0 Å². The largest absolute Gasteiger partial charge is 0.478 e. The fraction of sp³-hybridized carbons (Fsp3) is 0.0870. The number of anilines is 1. The molecule has 0 saturated carbocycles. The first-order chi connectivity index (χ1) is 14.4. The van der Waals surface area contributed by atoms with Crippen LogP contribution in [0.4, 0.5) is 5.69 Å². The minimum atomic E-state index is -1.09. The highest BCUT2D eigenvalue weighted by atomic mass is 35.5. The number of carboxylic acid groups (broad SMARTS) is 1. The Bertz CT molecular complexity index is 1170. The lowest BCUT2D eigenvalue weighted by Crippen LogP contribution is -2.13. The van der Waals surface area contributed by atoms with Crippen molar-refractivity contribution in [2.24, 2.45) is 0 Å². The van der Waals surface area contributed by atoms with E-state index in [9.17, 15) is 14.9 Å². The fourth-order valence-electron chi connectivity index (χ4n) is 2.74. The van der Waals surface area contributed by atoms with Gasteiger partial charge in [-0.2, -0.15) is 5.26 Å². The van der Waals surface area contributed by atoms with Crippen LogP contribution in [0.15, 0.2) is 64.6 Å². The molecule has 2 N–H and O–H groups in total. The summed E-state index contributed by atoms with van der Waals surface area (Å²) in [6.07, 6.45) is 2.20. The van der Waals surface area contributed by atoms with Crippen molar-refractivity contribution in [1.29, 1.82) is 5.26 Å². The van der Waals surface area contributed by atoms with Crippen LogP contribution in [0, 0.1) is 11.3 Å². The Hall–Kier alpha value is -3.82. The third-order valence-electron chi connectivity index (χ3n) is 4.38. The summed E-state index contributed by atoms with van der Waals surface area (Å²) in [5, 5.41) is 21.5. The molecule has 6 nitrogen and oxygen atoms in total. The minimum absolute atomic E-state index is 0.0640. The molecule has 0 bridgehead atoms. The van der Waals surface area contributed by atoms with Crippen LogP contribution in [0.1, 0.15) is 28.6 Å². The molecule has 30 heavy (non-hydrogen) atoms. The summed E-state index contributed by atoms with van der Waals surface area (Å²) >= 11 is 6.16. The molecule has 0 atom stereocenters. The molecule has 3 aromatic rings. The molecule has 3 rings (SSSR count). The summed E-state index contributed by atoms with van der Waals surface area (Å²) in [7, 11) is 0. The first kappa shape index (κ1) is 20.9. The SMILES string of the molecule is CCc1ccc(NC(=O)/C(C#N)=C\c2ccc(-c3cc(C(=O)O)ccc3Cl)o2)cc1. The van der Waals surface area contributed by atoms with Crippen LogP contribution >= 0.6 is 11.6 Å². The number of aryl methyl sites for hydroxylation is 1. The number of hydrogen-bond donors (Lipinski definition) is 2. The van der Waals surface area contributed by atoms with E-state index in [1.54, 1.807) is 24.3 Å². The molecule has 0 aliphatic heterocycles. The van der Waals surface area contributed by atoms with Crippen molar-refractivity contribution in [2.75, 3.05) is 5.32 Å². The van der Waals surface area contributed by atoms with E-state index in [-0.39, 0.29) is 16.9 Å². The van der Waals surface area contributed by atoms with E-state index in [4.69, 9.17) is 21.1 Å². The van der Waals surface area contributed by atoms with Gasteiger partial charge in [-0.1, -0.05) is 30.7 Å². The van der Waals surface area contributed by atoms with Crippen LogP contribution in [-0.4, -0.2) is 17.0 Å². The highest BCUT2D eigenvalue weighted by Crippen LogP contribution is 2.31. The molecule has 0 fully saturated rings. The molecule has 2 aromatic carbocycles. The Morgan fingerprint density at radius 3 is 2.53 bits per heavy atom.